The summed E-state index contributed by atoms with van der Waals surface area (Å²) in [5, 5.41) is 18.2. The van der Waals surface area contributed by atoms with Crippen LogP contribution in [0.5, 0.6) is 11.5 Å². The Balaban J connectivity index is 3.32. The van der Waals surface area contributed by atoms with E-state index < -0.39 is 11.6 Å². The second-order valence-corrected chi connectivity index (χ2v) is 4.07. The Hall–Kier alpha value is -1.25. The Morgan fingerprint density at radius 1 is 1.08 bits per heavy atom. The number of halogens is 1. The molecule has 72 valence electrons. The van der Waals surface area contributed by atoms with Crippen molar-refractivity contribution in [1.29, 1.82) is 0 Å². The minimum atomic E-state index is -0.497. The van der Waals surface area contributed by atoms with Gasteiger partial charge in [0, 0.05) is 6.07 Å². The highest BCUT2D eigenvalue weighted by molar-refractivity contribution is 5.43. The zero-order valence-electron chi connectivity index (χ0n) is 7.93. The van der Waals surface area contributed by atoms with Gasteiger partial charge in [0.15, 0.2) is 11.5 Å². The Morgan fingerprint density at radius 2 is 1.54 bits per heavy atom. The van der Waals surface area contributed by atoms with Gasteiger partial charge in [-0.2, -0.15) is 0 Å². The average molecular weight is 184 g/mol. The molecule has 0 aliphatic rings. The molecule has 2 nitrogen and oxygen atoms in total. The maximum absolute atomic E-state index is 13.3. The maximum Gasteiger partial charge on any atom is 0.160 e. The Morgan fingerprint density at radius 3 is 2.00 bits per heavy atom. The molecule has 1 rings (SSSR count). The minimum absolute atomic E-state index is 0.286. The molecule has 13 heavy (non-hydrogen) atoms. The predicted octanol–water partition coefficient (Wildman–Crippen LogP) is 2.53. The molecule has 0 aromatic heterocycles. The average Bonchev–Trinajstić information content (AvgIpc) is 1.94. The molecule has 3 heteroatoms. The fraction of sp³-hybridized carbons (Fsp3) is 0.400. The van der Waals surface area contributed by atoms with Crippen LogP contribution in [0.2, 0.25) is 0 Å². The van der Waals surface area contributed by atoms with E-state index >= 15 is 0 Å². The van der Waals surface area contributed by atoms with Gasteiger partial charge in [0.25, 0.3) is 0 Å². The first kappa shape index (κ1) is 9.84. The zero-order chi connectivity index (χ0) is 10.2. The summed E-state index contributed by atoms with van der Waals surface area (Å²) in [7, 11) is 0. The summed E-state index contributed by atoms with van der Waals surface area (Å²) in [6, 6.07) is 2.18. The highest BCUT2D eigenvalue weighted by Gasteiger charge is 2.20. The monoisotopic (exact) mass is 184 g/mol. The molecule has 1 aromatic carbocycles. The van der Waals surface area contributed by atoms with Gasteiger partial charge in [-0.15, -0.1) is 0 Å². The highest BCUT2D eigenvalue weighted by atomic mass is 19.1. The van der Waals surface area contributed by atoms with Crippen molar-refractivity contribution >= 4 is 0 Å². The van der Waals surface area contributed by atoms with Gasteiger partial charge < -0.3 is 10.2 Å². The van der Waals surface area contributed by atoms with Gasteiger partial charge in [0.2, 0.25) is 0 Å². The summed E-state index contributed by atoms with van der Waals surface area (Å²) < 4.78 is 13.3. The van der Waals surface area contributed by atoms with E-state index in [1.807, 2.05) is 20.8 Å². The third-order valence-corrected chi connectivity index (χ3v) is 1.87. The zero-order valence-corrected chi connectivity index (χ0v) is 7.93. The lowest BCUT2D eigenvalue weighted by molar-refractivity contribution is 0.394. The largest absolute Gasteiger partial charge is 0.504 e. The van der Waals surface area contributed by atoms with Crippen LogP contribution in [0.15, 0.2) is 12.1 Å². The van der Waals surface area contributed by atoms with Crippen molar-refractivity contribution in [2.75, 3.05) is 0 Å². The molecule has 0 aliphatic heterocycles. The molecule has 0 saturated carbocycles. The van der Waals surface area contributed by atoms with Crippen molar-refractivity contribution in [2.45, 2.75) is 26.2 Å². The molecule has 0 amide bonds. The number of rotatable bonds is 0. The van der Waals surface area contributed by atoms with E-state index in [4.69, 9.17) is 5.11 Å². The molecule has 0 bridgehead atoms. The topological polar surface area (TPSA) is 40.5 Å². The van der Waals surface area contributed by atoms with Crippen LogP contribution in [0.25, 0.3) is 0 Å². The van der Waals surface area contributed by atoms with E-state index in [-0.39, 0.29) is 11.2 Å². The van der Waals surface area contributed by atoms with Crippen molar-refractivity contribution in [1.82, 2.24) is 0 Å². The van der Waals surface area contributed by atoms with Crippen LogP contribution >= 0.6 is 0 Å². The summed E-state index contributed by atoms with van der Waals surface area (Å²) in [5.74, 6) is -1.21. The highest BCUT2D eigenvalue weighted by Crippen LogP contribution is 2.33. The Bertz CT molecular complexity index is 326. The summed E-state index contributed by atoms with van der Waals surface area (Å²) in [6.07, 6.45) is 0. The van der Waals surface area contributed by atoms with E-state index in [1.165, 1.54) is 6.07 Å². The number of benzene rings is 1. The number of phenolic OH excluding ortho intramolecular Hbond substituents is 2. The van der Waals surface area contributed by atoms with Gasteiger partial charge >= 0.3 is 0 Å². The molecular formula is C10H13FO2. The quantitative estimate of drug-likeness (QED) is 0.608. The van der Waals surface area contributed by atoms with E-state index in [2.05, 4.69) is 0 Å². The lowest BCUT2D eigenvalue weighted by atomic mass is 9.86. The first-order valence-corrected chi connectivity index (χ1v) is 4.04. The van der Waals surface area contributed by atoms with E-state index in [0.717, 1.165) is 6.07 Å². The van der Waals surface area contributed by atoms with Gasteiger partial charge in [-0.3, -0.25) is 0 Å². The number of aromatic hydroxyl groups is 2. The molecule has 0 heterocycles. The fourth-order valence-electron chi connectivity index (χ4n) is 1.13. The van der Waals surface area contributed by atoms with E-state index in [0.29, 0.717) is 5.56 Å². The number of hydrogen-bond donors (Lipinski definition) is 2. The third-order valence-electron chi connectivity index (χ3n) is 1.87. The minimum Gasteiger partial charge on any atom is -0.504 e. The van der Waals surface area contributed by atoms with Gasteiger partial charge in [0.1, 0.15) is 5.82 Å². The van der Waals surface area contributed by atoms with Gasteiger partial charge in [-0.25, -0.2) is 4.39 Å². The van der Waals surface area contributed by atoms with Crippen molar-refractivity contribution in [3.8, 4) is 11.5 Å². The molecule has 0 spiro atoms. The van der Waals surface area contributed by atoms with Crippen LogP contribution in [0, 0.1) is 5.82 Å². The molecular weight excluding hydrogens is 171 g/mol. The second kappa shape index (κ2) is 2.91. The van der Waals surface area contributed by atoms with Crippen LogP contribution in [0.1, 0.15) is 26.3 Å². The van der Waals surface area contributed by atoms with Gasteiger partial charge in [-0.1, -0.05) is 20.8 Å². The molecule has 0 unspecified atom stereocenters. The molecule has 0 aliphatic carbocycles. The molecule has 0 atom stereocenters. The lowest BCUT2D eigenvalue weighted by Gasteiger charge is -2.20. The standard InChI is InChI=1S/C10H13FO2/c1-10(2,3)6-4-8(12)9(13)5-7(6)11/h4-5,12-13H,1-3H3. The van der Waals surface area contributed by atoms with Crippen LogP contribution < -0.4 is 0 Å². The molecule has 0 fully saturated rings. The summed E-state index contributed by atoms with van der Waals surface area (Å²) in [6.45, 7) is 5.51. The lowest BCUT2D eigenvalue weighted by Crippen LogP contribution is -2.13. The Kier molecular flexibility index (Phi) is 2.20. The third kappa shape index (κ3) is 1.91. The van der Waals surface area contributed by atoms with Crippen molar-refractivity contribution < 1.29 is 14.6 Å². The van der Waals surface area contributed by atoms with Crippen LogP contribution in [-0.4, -0.2) is 10.2 Å². The second-order valence-electron chi connectivity index (χ2n) is 4.07. The van der Waals surface area contributed by atoms with Crippen LogP contribution in [0.3, 0.4) is 0 Å². The molecule has 0 saturated heterocycles. The predicted molar refractivity (Wildman–Crippen MR) is 48.4 cm³/mol. The first-order valence-electron chi connectivity index (χ1n) is 4.04. The van der Waals surface area contributed by atoms with Gasteiger partial charge in [0.05, 0.1) is 0 Å². The summed E-state index contributed by atoms with van der Waals surface area (Å²) in [4.78, 5) is 0. The van der Waals surface area contributed by atoms with Crippen molar-refractivity contribution in [3.63, 3.8) is 0 Å². The maximum atomic E-state index is 13.3. The number of hydrogen-bond acceptors (Lipinski definition) is 2. The van der Waals surface area contributed by atoms with E-state index in [1.54, 1.807) is 0 Å². The molecule has 2 N–H and O–H groups in total. The Labute approximate surface area is 76.6 Å². The van der Waals surface area contributed by atoms with Crippen LogP contribution in [-0.2, 0) is 5.41 Å². The SMILES string of the molecule is CC(C)(C)c1cc(O)c(O)cc1F. The fourth-order valence-corrected chi connectivity index (χ4v) is 1.13. The normalized spacial score (nSPS) is 11.7. The smallest absolute Gasteiger partial charge is 0.160 e. The number of phenols is 2. The molecule has 0 radical (unpaired) electrons. The van der Waals surface area contributed by atoms with Crippen LogP contribution in [0.4, 0.5) is 4.39 Å². The molecule has 1 aromatic rings. The van der Waals surface area contributed by atoms with E-state index in [9.17, 15) is 9.50 Å². The van der Waals surface area contributed by atoms with Crippen molar-refractivity contribution in [3.05, 3.63) is 23.5 Å². The van der Waals surface area contributed by atoms with Crippen molar-refractivity contribution in [2.24, 2.45) is 0 Å². The first-order chi connectivity index (χ1) is 5.82. The summed E-state index contributed by atoms with van der Waals surface area (Å²) in [5.41, 5.74) is 0.0118. The van der Waals surface area contributed by atoms with Gasteiger partial charge in [-0.05, 0) is 17.0 Å². The summed E-state index contributed by atoms with van der Waals surface area (Å²) >= 11 is 0.